The van der Waals surface area contributed by atoms with Crippen molar-refractivity contribution in [3.8, 4) is 0 Å². The van der Waals surface area contributed by atoms with E-state index in [1.165, 1.54) is 0 Å². The molecule has 1 unspecified atom stereocenters. The molecule has 0 aliphatic heterocycles. The van der Waals surface area contributed by atoms with E-state index in [2.05, 4.69) is 15.6 Å². The molecule has 0 aliphatic rings. The van der Waals surface area contributed by atoms with Crippen molar-refractivity contribution in [2.24, 2.45) is 5.41 Å². The summed E-state index contributed by atoms with van der Waals surface area (Å²) in [5.74, 6) is -0.935. The van der Waals surface area contributed by atoms with Gasteiger partial charge in [-0.15, -0.1) is 0 Å². The first-order valence-electron chi connectivity index (χ1n) is 6.87. The summed E-state index contributed by atoms with van der Waals surface area (Å²) in [6.07, 6.45) is -0.111. The van der Waals surface area contributed by atoms with E-state index in [1.807, 2.05) is 45.9 Å². The molecule has 0 saturated heterocycles. The maximum absolute atomic E-state index is 11.9. The molecule has 1 atom stereocenters. The fraction of sp³-hybridized carbons (Fsp3) is 0.533. The molecule has 3 N–H and O–H groups in total. The van der Waals surface area contributed by atoms with E-state index in [9.17, 15) is 9.59 Å². The number of carboxylic acids is 1. The highest BCUT2D eigenvalue weighted by atomic mass is 16.4. The lowest BCUT2D eigenvalue weighted by Crippen LogP contribution is -2.48. The van der Waals surface area contributed by atoms with Crippen molar-refractivity contribution in [2.45, 2.75) is 46.7 Å². The number of aromatic nitrogens is 1. The Balaban J connectivity index is 2.56. The summed E-state index contributed by atoms with van der Waals surface area (Å²) in [4.78, 5) is 27.1. The highest BCUT2D eigenvalue weighted by Gasteiger charge is 2.28. The molecule has 0 radical (unpaired) electrons. The van der Waals surface area contributed by atoms with Crippen molar-refractivity contribution in [1.82, 2.24) is 15.6 Å². The van der Waals surface area contributed by atoms with Crippen molar-refractivity contribution in [3.63, 3.8) is 0 Å². The van der Waals surface area contributed by atoms with Crippen molar-refractivity contribution in [1.29, 1.82) is 0 Å². The number of aryl methyl sites for hydroxylation is 1. The minimum atomic E-state index is -0.935. The number of nitrogens with one attached hydrogen (secondary N) is 2. The predicted molar refractivity (Wildman–Crippen MR) is 79.8 cm³/mol. The largest absolute Gasteiger partial charge is 0.481 e. The van der Waals surface area contributed by atoms with Gasteiger partial charge in [-0.2, -0.15) is 0 Å². The van der Waals surface area contributed by atoms with E-state index in [1.54, 1.807) is 0 Å². The molecule has 2 amide bonds. The quantitative estimate of drug-likeness (QED) is 0.775. The lowest BCUT2D eigenvalue weighted by Gasteiger charge is -2.30. The van der Waals surface area contributed by atoms with Gasteiger partial charge in [0.15, 0.2) is 0 Å². The first-order valence-corrected chi connectivity index (χ1v) is 6.87. The standard InChI is InChI=1S/C15H23N3O3/c1-10-6-5-7-11(17-10)9-16-14(21)18-12(8-13(19)20)15(2,3)4/h5-7,12H,8-9H2,1-4H3,(H,19,20)(H2,16,18,21). The second kappa shape index (κ2) is 7.06. The molecule has 116 valence electrons. The lowest BCUT2D eigenvalue weighted by molar-refractivity contribution is -0.138. The maximum atomic E-state index is 11.9. The van der Waals surface area contributed by atoms with Gasteiger partial charge in [-0.3, -0.25) is 9.78 Å². The van der Waals surface area contributed by atoms with Crippen molar-refractivity contribution in [2.75, 3.05) is 0 Å². The maximum Gasteiger partial charge on any atom is 0.315 e. The molecule has 1 rings (SSSR count). The van der Waals surface area contributed by atoms with E-state index in [0.717, 1.165) is 11.4 Å². The molecular formula is C15H23N3O3. The predicted octanol–water partition coefficient (Wildman–Crippen LogP) is 2.08. The van der Waals surface area contributed by atoms with Gasteiger partial charge in [0.2, 0.25) is 0 Å². The second-order valence-electron chi connectivity index (χ2n) is 6.11. The lowest BCUT2D eigenvalue weighted by atomic mass is 9.85. The smallest absolute Gasteiger partial charge is 0.315 e. The normalized spacial score (nSPS) is 12.6. The Kier molecular flexibility index (Phi) is 5.69. The zero-order chi connectivity index (χ0) is 16.0. The van der Waals surface area contributed by atoms with Crippen molar-refractivity contribution < 1.29 is 14.7 Å². The summed E-state index contributed by atoms with van der Waals surface area (Å²) in [5.41, 5.74) is 1.31. The molecule has 0 fully saturated rings. The van der Waals surface area contributed by atoms with Crippen LogP contribution in [0, 0.1) is 12.3 Å². The van der Waals surface area contributed by atoms with Crippen LogP contribution in [0.3, 0.4) is 0 Å². The van der Waals surface area contributed by atoms with Gasteiger partial charge in [0.25, 0.3) is 0 Å². The number of pyridine rings is 1. The van der Waals surface area contributed by atoms with Crippen LogP contribution in [-0.4, -0.2) is 28.1 Å². The average Bonchev–Trinajstić information content (AvgIpc) is 2.34. The number of hydrogen-bond acceptors (Lipinski definition) is 3. The van der Waals surface area contributed by atoms with Crippen LogP contribution >= 0.6 is 0 Å². The SMILES string of the molecule is Cc1cccc(CNC(=O)NC(CC(=O)O)C(C)(C)C)n1. The fourth-order valence-corrected chi connectivity index (χ4v) is 1.83. The van der Waals surface area contributed by atoms with Crippen LogP contribution in [0.5, 0.6) is 0 Å². The van der Waals surface area contributed by atoms with Crippen LogP contribution in [0.2, 0.25) is 0 Å². The third kappa shape index (κ3) is 6.25. The summed E-state index contributed by atoms with van der Waals surface area (Å²) >= 11 is 0. The highest BCUT2D eigenvalue weighted by molar-refractivity contribution is 5.75. The van der Waals surface area contributed by atoms with Gasteiger partial charge in [-0.05, 0) is 24.5 Å². The Bertz CT molecular complexity index is 509. The van der Waals surface area contributed by atoms with Gasteiger partial charge < -0.3 is 15.7 Å². The summed E-state index contributed by atoms with van der Waals surface area (Å²) in [7, 11) is 0. The minimum Gasteiger partial charge on any atom is -0.481 e. The number of urea groups is 1. The van der Waals surface area contributed by atoms with Crippen LogP contribution in [0.4, 0.5) is 4.79 Å². The van der Waals surface area contributed by atoms with Crippen molar-refractivity contribution >= 4 is 12.0 Å². The molecule has 0 spiro atoms. The van der Waals surface area contributed by atoms with Gasteiger partial charge in [-0.25, -0.2) is 4.79 Å². The molecule has 21 heavy (non-hydrogen) atoms. The summed E-state index contributed by atoms with van der Waals surface area (Å²) in [5, 5.41) is 14.3. The zero-order valence-electron chi connectivity index (χ0n) is 12.9. The number of hydrogen-bond donors (Lipinski definition) is 3. The van der Waals surface area contributed by atoms with E-state index >= 15 is 0 Å². The van der Waals surface area contributed by atoms with Gasteiger partial charge in [-0.1, -0.05) is 26.8 Å². The summed E-state index contributed by atoms with van der Waals surface area (Å²) in [6, 6.07) is 4.75. The van der Waals surface area contributed by atoms with Crippen LogP contribution < -0.4 is 10.6 Å². The average molecular weight is 293 g/mol. The van der Waals surface area contributed by atoms with E-state index < -0.39 is 12.0 Å². The third-order valence-electron chi connectivity index (χ3n) is 3.11. The second-order valence-corrected chi connectivity index (χ2v) is 6.11. The van der Waals surface area contributed by atoms with Crippen LogP contribution in [0.1, 0.15) is 38.6 Å². The molecule has 1 heterocycles. The molecule has 0 aromatic carbocycles. The number of carboxylic acid groups (broad SMARTS) is 1. The molecular weight excluding hydrogens is 270 g/mol. The first-order chi connectivity index (χ1) is 9.68. The third-order valence-corrected chi connectivity index (χ3v) is 3.11. The van der Waals surface area contributed by atoms with E-state index in [-0.39, 0.29) is 17.9 Å². The van der Waals surface area contributed by atoms with Gasteiger partial charge in [0.05, 0.1) is 18.7 Å². The number of nitrogens with zero attached hydrogens (tertiary/aromatic N) is 1. The van der Waals surface area contributed by atoms with Crippen LogP contribution in [-0.2, 0) is 11.3 Å². The Morgan fingerprint density at radius 3 is 2.52 bits per heavy atom. The molecule has 0 saturated carbocycles. The van der Waals surface area contributed by atoms with E-state index in [0.29, 0.717) is 6.54 Å². The van der Waals surface area contributed by atoms with Crippen molar-refractivity contribution in [3.05, 3.63) is 29.6 Å². The first kappa shape index (κ1) is 16.9. The number of amides is 2. The minimum absolute atomic E-state index is 0.111. The number of rotatable bonds is 5. The molecule has 1 aromatic rings. The number of carbonyl (C=O) groups excluding carboxylic acids is 1. The van der Waals surface area contributed by atoms with Gasteiger partial charge in [0.1, 0.15) is 0 Å². The topological polar surface area (TPSA) is 91.3 Å². The highest BCUT2D eigenvalue weighted by Crippen LogP contribution is 2.21. The van der Waals surface area contributed by atoms with Gasteiger partial charge >= 0.3 is 12.0 Å². The molecule has 1 aromatic heterocycles. The molecule has 0 aliphatic carbocycles. The Labute approximate surface area is 125 Å². The zero-order valence-corrected chi connectivity index (χ0v) is 12.9. The molecule has 6 heteroatoms. The Morgan fingerprint density at radius 2 is 2.00 bits per heavy atom. The summed E-state index contributed by atoms with van der Waals surface area (Å²) in [6.45, 7) is 7.86. The van der Waals surface area contributed by atoms with Crippen LogP contribution in [0.25, 0.3) is 0 Å². The van der Waals surface area contributed by atoms with Crippen LogP contribution in [0.15, 0.2) is 18.2 Å². The molecule has 0 bridgehead atoms. The summed E-state index contributed by atoms with van der Waals surface area (Å²) < 4.78 is 0. The fourth-order valence-electron chi connectivity index (χ4n) is 1.83. The Morgan fingerprint density at radius 1 is 1.33 bits per heavy atom. The molecule has 6 nitrogen and oxygen atoms in total. The monoisotopic (exact) mass is 293 g/mol. The van der Waals surface area contributed by atoms with E-state index in [4.69, 9.17) is 5.11 Å². The Hall–Kier alpha value is -2.11. The number of aliphatic carboxylic acids is 1. The van der Waals surface area contributed by atoms with Gasteiger partial charge in [0, 0.05) is 11.7 Å². The number of carbonyl (C=O) groups is 2.